The van der Waals surface area contributed by atoms with Gasteiger partial charge in [0.1, 0.15) is 5.75 Å². The molecular formula is C29H31F3N2O5. The molecule has 0 N–H and O–H groups in total. The number of aryl methyl sites for hydroxylation is 1. The van der Waals surface area contributed by atoms with Gasteiger partial charge in [-0.2, -0.15) is 13.2 Å². The van der Waals surface area contributed by atoms with Gasteiger partial charge in [-0.15, -0.1) is 0 Å². The van der Waals surface area contributed by atoms with Crippen molar-refractivity contribution in [3.63, 3.8) is 0 Å². The van der Waals surface area contributed by atoms with E-state index in [1.165, 1.54) is 50.5 Å². The van der Waals surface area contributed by atoms with Crippen molar-refractivity contribution >= 4 is 11.9 Å². The standard InChI is InChI=1S/C29H31F3N2O5/c1-3-5-6-7-8-20-17-33-26(34-18-20)21-9-11-22(12-10-21)27(35)38-24-15-13-23(14-16-24)28(36)39-25(19-37-4-2)29(30,31)32/h9-18,25H,3-8,19H2,1-2H3. The number of carbonyl (C=O) groups is 2. The number of aromatic nitrogens is 2. The number of ether oxygens (including phenoxy) is 3. The van der Waals surface area contributed by atoms with Gasteiger partial charge in [0, 0.05) is 24.6 Å². The van der Waals surface area contributed by atoms with Gasteiger partial charge in [-0.1, -0.05) is 38.3 Å². The van der Waals surface area contributed by atoms with E-state index in [0.717, 1.165) is 24.0 Å². The lowest BCUT2D eigenvalue weighted by atomic mass is 10.1. The molecule has 0 amide bonds. The molecule has 2 aromatic carbocycles. The smallest absolute Gasteiger partial charge is 0.427 e. The highest BCUT2D eigenvalue weighted by atomic mass is 19.4. The highest BCUT2D eigenvalue weighted by Gasteiger charge is 2.43. The number of esters is 2. The van der Waals surface area contributed by atoms with E-state index in [0.29, 0.717) is 5.82 Å². The molecule has 39 heavy (non-hydrogen) atoms. The van der Waals surface area contributed by atoms with Crippen LogP contribution in [0.15, 0.2) is 60.9 Å². The third-order valence-electron chi connectivity index (χ3n) is 5.79. The Hall–Kier alpha value is -3.79. The van der Waals surface area contributed by atoms with Crippen molar-refractivity contribution in [3.05, 3.63) is 77.6 Å². The second-order valence-corrected chi connectivity index (χ2v) is 8.81. The minimum atomic E-state index is -4.76. The zero-order valence-corrected chi connectivity index (χ0v) is 21.9. The van der Waals surface area contributed by atoms with E-state index in [1.54, 1.807) is 24.3 Å². The summed E-state index contributed by atoms with van der Waals surface area (Å²) < 4.78 is 53.8. The number of rotatable bonds is 13. The number of benzene rings is 2. The predicted molar refractivity (Wildman–Crippen MR) is 138 cm³/mol. The lowest BCUT2D eigenvalue weighted by molar-refractivity contribution is -0.217. The Morgan fingerprint density at radius 3 is 2.05 bits per heavy atom. The Bertz CT molecular complexity index is 1200. The van der Waals surface area contributed by atoms with Crippen LogP contribution in [-0.4, -0.2) is 47.4 Å². The number of nitrogens with zero attached hydrogens (tertiary/aromatic N) is 2. The summed E-state index contributed by atoms with van der Waals surface area (Å²) in [6.07, 6.45) is 2.12. The normalized spacial score (nSPS) is 12.1. The van der Waals surface area contributed by atoms with E-state index in [2.05, 4.69) is 21.6 Å². The second kappa shape index (κ2) is 14.4. The van der Waals surface area contributed by atoms with Gasteiger partial charge in [-0.3, -0.25) is 0 Å². The maximum Gasteiger partial charge on any atom is 0.427 e. The molecule has 0 aliphatic rings. The molecule has 0 bridgehead atoms. The zero-order chi connectivity index (χ0) is 28.3. The summed E-state index contributed by atoms with van der Waals surface area (Å²) in [7, 11) is 0. The Kier molecular flexibility index (Phi) is 11.0. The van der Waals surface area contributed by atoms with E-state index < -0.39 is 30.8 Å². The van der Waals surface area contributed by atoms with Gasteiger partial charge in [0.2, 0.25) is 6.10 Å². The second-order valence-electron chi connectivity index (χ2n) is 8.81. The van der Waals surface area contributed by atoms with Crippen molar-refractivity contribution < 1.29 is 37.0 Å². The van der Waals surface area contributed by atoms with Gasteiger partial charge in [0.25, 0.3) is 0 Å². The molecule has 0 saturated carbocycles. The van der Waals surface area contributed by atoms with Crippen LogP contribution in [0.25, 0.3) is 11.4 Å². The number of unbranched alkanes of at least 4 members (excludes halogenated alkanes) is 3. The molecule has 1 unspecified atom stereocenters. The summed E-state index contributed by atoms with van der Waals surface area (Å²) in [6.45, 7) is 2.96. The largest absolute Gasteiger partial charge is 0.447 e. The van der Waals surface area contributed by atoms with Crippen molar-refractivity contribution in [3.8, 4) is 17.1 Å². The molecule has 3 rings (SSSR count). The first-order chi connectivity index (χ1) is 18.7. The lowest BCUT2D eigenvalue weighted by Crippen LogP contribution is -2.37. The monoisotopic (exact) mass is 544 g/mol. The molecular weight excluding hydrogens is 513 g/mol. The van der Waals surface area contributed by atoms with Gasteiger partial charge >= 0.3 is 18.1 Å². The van der Waals surface area contributed by atoms with Crippen LogP contribution in [-0.2, 0) is 15.9 Å². The molecule has 1 aromatic heterocycles. The molecule has 0 aliphatic carbocycles. The average Bonchev–Trinajstić information content (AvgIpc) is 2.93. The fraction of sp³-hybridized carbons (Fsp3) is 0.379. The van der Waals surface area contributed by atoms with Gasteiger partial charge in [0.05, 0.1) is 17.7 Å². The number of alkyl halides is 3. The van der Waals surface area contributed by atoms with Gasteiger partial charge < -0.3 is 14.2 Å². The molecule has 1 heterocycles. The summed E-state index contributed by atoms with van der Waals surface area (Å²) in [5, 5.41) is 0. The summed E-state index contributed by atoms with van der Waals surface area (Å²) in [4.78, 5) is 33.6. The number of carbonyl (C=O) groups excluding carboxylic acids is 2. The molecule has 7 nitrogen and oxygen atoms in total. The highest BCUT2D eigenvalue weighted by molar-refractivity contribution is 5.92. The van der Waals surface area contributed by atoms with Gasteiger partial charge in [-0.25, -0.2) is 19.6 Å². The van der Waals surface area contributed by atoms with Gasteiger partial charge in [-0.05, 0) is 61.7 Å². The van der Waals surface area contributed by atoms with Crippen LogP contribution in [0.4, 0.5) is 13.2 Å². The Morgan fingerprint density at radius 1 is 0.846 bits per heavy atom. The van der Waals surface area contributed by atoms with Crippen LogP contribution in [0.3, 0.4) is 0 Å². The maximum absolute atomic E-state index is 13.1. The molecule has 0 aliphatic heterocycles. The van der Waals surface area contributed by atoms with Crippen LogP contribution < -0.4 is 4.74 Å². The van der Waals surface area contributed by atoms with Crippen LogP contribution >= 0.6 is 0 Å². The molecule has 0 saturated heterocycles. The van der Waals surface area contributed by atoms with E-state index in [4.69, 9.17) is 9.47 Å². The fourth-order valence-corrected chi connectivity index (χ4v) is 3.59. The van der Waals surface area contributed by atoms with E-state index in [9.17, 15) is 22.8 Å². The van der Waals surface area contributed by atoms with Crippen LogP contribution in [0.2, 0.25) is 0 Å². The topological polar surface area (TPSA) is 87.6 Å². The van der Waals surface area contributed by atoms with Crippen molar-refractivity contribution in [2.45, 2.75) is 58.2 Å². The summed E-state index contributed by atoms with van der Waals surface area (Å²) >= 11 is 0. The first kappa shape index (κ1) is 29.8. The molecule has 0 radical (unpaired) electrons. The molecule has 208 valence electrons. The summed E-state index contributed by atoms with van der Waals surface area (Å²) in [5.41, 5.74) is 1.98. The third kappa shape index (κ3) is 9.17. The van der Waals surface area contributed by atoms with Crippen molar-refractivity contribution in [1.82, 2.24) is 9.97 Å². The molecule has 1 atom stereocenters. The van der Waals surface area contributed by atoms with Crippen molar-refractivity contribution in [1.29, 1.82) is 0 Å². The Balaban J connectivity index is 1.56. The number of hydrogen-bond acceptors (Lipinski definition) is 7. The van der Waals surface area contributed by atoms with E-state index in [1.807, 2.05) is 12.4 Å². The Labute approximate surface area is 225 Å². The number of halogens is 3. The van der Waals surface area contributed by atoms with Crippen molar-refractivity contribution in [2.75, 3.05) is 13.2 Å². The summed E-state index contributed by atoms with van der Waals surface area (Å²) in [6, 6.07) is 11.6. The quantitative estimate of drug-likeness (QED) is 0.136. The maximum atomic E-state index is 13.1. The highest BCUT2D eigenvalue weighted by Crippen LogP contribution is 2.25. The summed E-state index contributed by atoms with van der Waals surface area (Å²) in [5.74, 6) is -1.16. The fourth-order valence-electron chi connectivity index (χ4n) is 3.59. The SMILES string of the molecule is CCCCCCc1cnc(-c2ccc(C(=O)Oc3ccc(C(=O)OC(COCC)C(F)(F)F)cc3)cc2)nc1. The minimum absolute atomic E-state index is 0.0487. The molecule has 10 heteroatoms. The van der Waals surface area contributed by atoms with Gasteiger partial charge in [0.15, 0.2) is 5.82 Å². The predicted octanol–water partition coefficient (Wildman–Crippen LogP) is 6.61. The first-order valence-electron chi connectivity index (χ1n) is 12.8. The number of hydrogen-bond donors (Lipinski definition) is 0. The average molecular weight is 545 g/mol. The minimum Gasteiger partial charge on any atom is -0.447 e. The van der Waals surface area contributed by atoms with Crippen molar-refractivity contribution in [2.24, 2.45) is 0 Å². The lowest BCUT2D eigenvalue weighted by Gasteiger charge is -2.20. The Morgan fingerprint density at radius 2 is 1.46 bits per heavy atom. The van der Waals surface area contributed by atoms with Crippen LogP contribution in [0.1, 0.15) is 65.8 Å². The third-order valence-corrected chi connectivity index (χ3v) is 5.79. The van der Waals surface area contributed by atoms with Crippen LogP contribution in [0, 0.1) is 0 Å². The molecule has 0 spiro atoms. The molecule has 3 aromatic rings. The van der Waals surface area contributed by atoms with E-state index >= 15 is 0 Å². The van der Waals surface area contributed by atoms with Crippen LogP contribution in [0.5, 0.6) is 5.75 Å². The first-order valence-corrected chi connectivity index (χ1v) is 12.8. The van der Waals surface area contributed by atoms with E-state index in [-0.39, 0.29) is 23.5 Å². The molecule has 0 fully saturated rings. The zero-order valence-electron chi connectivity index (χ0n) is 21.9.